The van der Waals surface area contributed by atoms with Gasteiger partial charge in [0.05, 0.1) is 28.9 Å². The van der Waals surface area contributed by atoms with Crippen LogP contribution in [0.5, 0.6) is 5.88 Å². The Labute approximate surface area is 169 Å². The Kier molecular flexibility index (Phi) is 5.23. The molecule has 140 valence electrons. The van der Waals surface area contributed by atoms with Gasteiger partial charge >= 0.3 is 0 Å². The summed E-state index contributed by atoms with van der Waals surface area (Å²) in [6.07, 6.45) is 6.55. The Morgan fingerprint density at radius 1 is 1.00 bits per heavy atom. The van der Waals surface area contributed by atoms with Crippen molar-refractivity contribution in [2.75, 3.05) is 7.11 Å². The highest BCUT2D eigenvalue weighted by Gasteiger charge is 2.15. The van der Waals surface area contributed by atoms with Gasteiger partial charge in [0.1, 0.15) is 10.7 Å². The van der Waals surface area contributed by atoms with Crippen molar-refractivity contribution in [2.24, 2.45) is 0 Å². The van der Waals surface area contributed by atoms with E-state index in [9.17, 15) is 4.39 Å². The molecule has 4 aromatic heterocycles. The van der Waals surface area contributed by atoms with E-state index in [4.69, 9.17) is 16.3 Å². The summed E-state index contributed by atoms with van der Waals surface area (Å²) in [7, 11) is 1.56. The van der Waals surface area contributed by atoms with Gasteiger partial charge in [-0.1, -0.05) is 23.4 Å². The van der Waals surface area contributed by atoms with E-state index in [0.717, 1.165) is 15.5 Å². The van der Waals surface area contributed by atoms with Gasteiger partial charge in [0.25, 0.3) is 0 Å². The molecule has 0 fully saturated rings. The Balaban J connectivity index is 1.76. The minimum absolute atomic E-state index is 0.513. The van der Waals surface area contributed by atoms with Crippen molar-refractivity contribution in [1.82, 2.24) is 24.7 Å². The van der Waals surface area contributed by atoms with E-state index in [-0.39, 0.29) is 0 Å². The summed E-state index contributed by atoms with van der Waals surface area (Å²) in [6, 6.07) is 10.2. The van der Waals surface area contributed by atoms with E-state index in [1.165, 1.54) is 24.0 Å². The van der Waals surface area contributed by atoms with Gasteiger partial charge in [0.15, 0.2) is 0 Å². The van der Waals surface area contributed by atoms with Gasteiger partial charge in [-0.2, -0.15) is 9.49 Å². The number of nitrogens with zero attached hydrogens (tertiary/aromatic N) is 5. The zero-order valence-electron chi connectivity index (χ0n) is 14.6. The number of halogens is 2. The molecule has 0 unspecified atom stereocenters. The zero-order chi connectivity index (χ0) is 19.5. The molecule has 0 aliphatic rings. The number of aromatic nitrogens is 5. The van der Waals surface area contributed by atoms with Gasteiger partial charge in [0, 0.05) is 30.2 Å². The summed E-state index contributed by atoms with van der Waals surface area (Å²) in [4.78, 5) is 13.1. The highest BCUT2D eigenvalue weighted by Crippen LogP contribution is 2.35. The Morgan fingerprint density at radius 2 is 1.89 bits per heavy atom. The number of pyridine rings is 3. The van der Waals surface area contributed by atoms with Crippen LogP contribution in [0.2, 0.25) is 5.02 Å². The maximum Gasteiger partial charge on any atom is 0.212 e. The van der Waals surface area contributed by atoms with Crippen molar-refractivity contribution < 1.29 is 9.13 Å². The van der Waals surface area contributed by atoms with Gasteiger partial charge < -0.3 is 4.74 Å². The molecule has 0 spiro atoms. The third-order valence-corrected chi connectivity index (χ3v) is 4.98. The summed E-state index contributed by atoms with van der Waals surface area (Å²) in [5.74, 6) is -0.0325. The molecule has 0 bridgehead atoms. The minimum Gasteiger partial charge on any atom is -0.481 e. The number of rotatable bonds is 5. The van der Waals surface area contributed by atoms with Gasteiger partial charge in [-0.15, -0.1) is 0 Å². The number of hydrogen-bond donors (Lipinski definition) is 0. The summed E-state index contributed by atoms with van der Waals surface area (Å²) >= 11 is 7.36. The Hall–Kier alpha value is -2.97. The van der Waals surface area contributed by atoms with Crippen molar-refractivity contribution in [3.8, 4) is 22.8 Å². The first kappa shape index (κ1) is 18.4. The second-order valence-corrected chi connectivity index (χ2v) is 7.13. The third kappa shape index (κ3) is 3.97. The quantitative estimate of drug-likeness (QED) is 0.443. The fourth-order valence-corrected chi connectivity index (χ4v) is 3.43. The highest BCUT2D eigenvalue weighted by atomic mass is 35.5. The standard InChI is InChI=1S/C19H13ClFN5OS/c1-27-17-6-2-12(8-23-17)19-15(28-18-7-3-13(20)9-24-18)11-26(25-19)14-4-5-16(21)22-10-14/h2-11H,1H3. The van der Waals surface area contributed by atoms with Crippen LogP contribution in [0.25, 0.3) is 16.9 Å². The van der Waals surface area contributed by atoms with Crippen LogP contribution in [0.15, 0.2) is 71.1 Å². The Bertz CT molecular complexity index is 1090. The minimum atomic E-state index is -0.546. The van der Waals surface area contributed by atoms with E-state index < -0.39 is 5.95 Å². The molecule has 0 amide bonds. The van der Waals surface area contributed by atoms with E-state index in [1.807, 2.05) is 18.3 Å². The highest BCUT2D eigenvalue weighted by molar-refractivity contribution is 7.99. The fraction of sp³-hybridized carbons (Fsp3) is 0.0526. The summed E-state index contributed by atoms with van der Waals surface area (Å²) in [5.41, 5.74) is 2.16. The van der Waals surface area contributed by atoms with Crippen LogP contribution in [0.3, 0.4) is 0 Å². The van der Waals surface area contributed by atoms with Crippen molar-refractivity contribution in [3.63, 3.8) is 0 Å². The van der Waals surface area contributed by atoms with E-state index in [0.29, 0.717) is 22.3 Å². The molecule has 0 atom stereocenters. The molecule has 0 aromatic carbocycles. The van der Waals surface area contributed by atoms with E-state index in [1.54, 1.807) is 42.4 Å². The lowest BCUT2D eigenvalue weighted by Crippen LogP contribution is -1.96. The number of ether oxygens (including phenoxy) is 1. The van der Waals surface area contributed by atoms with E-state index >= 15 is 0 Å². The first-order chi connectivity index (χ1) is 13.6. The lowest BCUT2D eigenvalue weighted by molar-refractivity contribution is 0.398. The first-order valence-electron chi connectivity index (χ1n) is 8.14. The Morgan fingerprint density at radius 3 is 2.54 bits per heavy atom. The topological polar surface area (TPSA) is 65.7 Å². The second kappa shape index (κ2) is 7.95. The second-order valence-electron chi connectivity index (χ2n) is 5.63. The number of methoxy groups -OCH3 is 1. The van der Waals surface area contributed by atoms with Crippen molar-refractivity contribution in [2.45, 2.75) is 9.92 Å². The van der Waals surface area contributed by atoms with Gasteiger partial charge in [-0.3, -0.25) is 0 Å². The van der Waals surface area contributed by atoms with Crippen LogP contribution in [0.4, 0.5) is 4.39 Å². The molecule has 0 saturated heterocycles. The molecular weight excluding hydrogens is 401 g/mol. The van der Waals surface area contributed by atoms with Crippen LogP contribution >= 0.6 is 23.4 Å². The smallest absolute Gasteiger partial charge is 0.212 e. The predicted molar refractivity (Wildman–Crippen MR) is 104 cm³/mol. The molecule has 4 aromatic rings. The molecule has 6 nitrogen and oxygen atoms in total. The summed E-state index contributed by atoms with van der Waals surface area (Å²) in [5, 5.41) is 5.98. The molecule has 28 heavy (non-hydrogen) atoms. The van der Waals surface area contributed by atoms with Crippen LogP contribution < -0.4 is 4.74 Å². The van der Waals surface area contributed by atoms with Crippen LogP contribution in [0, 0.1) is 5.95 Å². The molecule has 0 saturated carbocycles. The van der Waals surface area contributed by atoms with Gasteiger partial charge in [-0.25, -0.2) is 19.6 Å². The van der Waals surface area contributed by atoms with Crippen molar-refractivity contribution in [3.05, 3.63) is 72.2 Å². The SMILES string of the molecule is COc1ccc(-c2nn(-c3ccc(F)nc3)cc2Sc2ccc(Cl)cn2)cn1. The lowest BCUT2D eigenvalue weighted by atomic mass is 10.2. The molecule has 4 rings (SSSR count). The van der Waals surface area contributed by atoms with E-state index in [2.05, 4.69) is 20.1 Å². The van der Waals surface area contributed by atoms with Gasteiger partial charge in [-0.05, 0) is 30.3 Å². The molecule has 0 aliphatic heterocycles. The largest absolute Gasteiger partial charge is 0.481 e. The molecule has 0 radical (unpaired) electrons. The summed E-state index contributed by atoms with van der Waals surface area (Å²) < 4.78 is 19.9. The lowest BCUT2D eigenvalue weighted by Gasteiger charge is -2.03. The monoisotopic (exact) mass is 413 g/mol. The van der Waals surface area contributed by atoms with Gasteiger partial charge in [0.2, 0.25) is 11.8 Å². The zero-order valence-corrected chi connectivity index (χ0v) is 16.2. The maximum atomic E-state index is 13.2. The first-order valence-corrected chi connectivity index (χ1v) is 9.33. The summed E-state index contributed by atoms with van der Waals surface area (Å²) in [6.45, 7) is 0. The average molecular weight is 414 g/mol. The molecular formula is C19H13ClFN5OS. The van der Waals surface area contributed by atoms with Crippen LogP contribution in [-0.4, -0.2) is 31.8 Å². The molecule has 4 heterocycles. The molecule has 0 N–H and O–H groups in total. The van der Waals surface area contributed by atoms with Crippen molar-refractivity contribution >= 4 is 23.4 Å². The average Bonchev–Trinajstić information content (AvgIpc) is 3.14. The molecule has 0 aliphatic carbocycles. The fourth-order valence-electron chi connectivity index (χ4n) is 2.44. The third-order valence-electron chi connectivity index (χ3n) is 3.79. The maximum absolute atomic E-state index is 13.2. The predicted octanol–water partition coefficient (Wildman–Crippen LogP) is 4.68. The van der Waals surface area contributed by atoms with Crippen LogP contribution in [-0.2, 0) is 0 Å². The molecule has 9 heteroatoms. The van der Waals surface area contributed by atoms with Crippen molar-refractivity contribution in [1.29, 1.82) is 0 Å². The van der Waals surface area contributed by atoms with Crippen LogP contribution in [0.1, 0.15) is 0 Å². The number of hydrogen-bond acceptors (Lipinski definition) is 6. The normalized spacial score (nSPS) is 10.8.